The highest BCUT2D eigenvalue weighted by atomic mass is 16.5. The van der Waals surface area contributed by atoms with Crippen LogP contribution in [0.2, 0.25) is 0 Å². The first-order valence-electron chi connectivity index (χ1n) is 8.19. The fourth-order valence-electron chi connectivity index (χ4n) is 2.57. The SMILES string of the molecule is C=CC(=O)N1CCN(CC(=O)Nc2ccccc2OC(C)C)CC1. The summed E-state index contributed by atoms with van der Waals surface area (Å²) in [4.78, 5) is 27.6. The van der Waals surface area contributed by atoms with Crippen molar-refractivity contribution in [3.63, 3.8) is 0 Å². The Morgan fingerprint density at radius 3 is 2.54 bits per heavy atom. The van der Waals surface area contributed by atoms with Gasteiger partial charge < -0.3 is 15.0 Å². The van der Waals surface area contributed by atoms with Crippen LogP contribution in [0.25, 0.3) is 0 Å². The van der Waals surface area contributed by atoms with Crippen LogP contribution < -0.4 is 10.1 Å². The molecule has 0 unspecified atom stereocenters. The molecular weight excluding hydrogens is 306 g/mol. The summed E-state index contributed by atoms with van der Waals surface area (Å²) in [5.41, 5.74) is 0.677. The minimum atomic E-state index is -0.0849. The summed E-state index contributed by atoms with van der Waals surface area (Å²) in [5, 5.41) is 2.91. The largest absolute Gasteiger partial charge is 0.489 e. The fraction of sp³-hybridized carbons (Fsp3) is 0.444. The lowest BCUT2D eigenvalue weighted by Gasteiger charge is -2.33. The molecule has 2 amide bonds. The lowest BCUT2D eigenvalue weighted by atomic mass is 10.2. The zero-order chi connectivity index (χ0) is 17.5. The summed E-state index contributed by atoms with van der Waals surface area (Å²) in [6.07, 6.45) is 1.37. The van der Waals surface area contributed by atoms with Crippen molar-refractivity contribution in [1.29, 1.82) is 0 Å². The molecule has 2 rings (SSSR count). The van der Waals surface area contributed by atoms with Crippen molar-refractivity contribution in [2.24, 2.45) is 0 Å². The molecule has 0 bridgehead atoms. The van der Waals surface area contributed by atoms with E-state index in [-0.39, 0.29) is 17.9 Å². The molecule has 1 aliphatic rings. The third-order valence-electron chi connectivity index (χ3n) is 3.75. The molecule has 1 fully saturated rings. The maximum absolute atomic E-state index is 12.3. The number of para-hydroxylation sites is 2. The smallest absolute Gasteiger partial charge is 0.246 e. The third-order valence-corrected chi connectivity index (χ3v) is 3.75. The van der Waals surface area contributed by atoms with Crippen LogP contribution in [0.3, 0.4) is 0 Å². The topological polar surface area (TPSA) is 61.9 Å². The molecule has 1 N–H and O–H groups in total. The molecule has 1 saturated heterocycles. The van der Waals surface area contributed by atoms with Crippen molar-refractivity contribution >= 4 is 17.5 Å². The van der Waals surface area contributed by atoms with Crippen LogP contribution in [-0.4, -0.2) is 60.4 Å². The van der Waals surface area contributed by atoms with E-state index in [1.165, 1.54) is 6.08 Å². The van der Waals surface area contributed by atoms with Crippen molar-refractivity contribution in [3.8, 4) is 5.75 Å². The van der Waals surface area contributed by atoms with E-state index in [9.17, 15) is 9.59 Å². The number of anilines is 1. The van der Waals surface area contributed by atoms with Gasteiger partial charge in [-0.05, 0) is 32.1 Å². The van der Waals surface area contributed by atoms with Gasteiger partial charge in [-0.25, -0.2) is 0 Å². The number of carbonyl (C=O) groups excluding carboxylic acids is 2. The predicted molar refractivity (Wildman–Crippen MR) is 94.1 cm³/mol. The molecular formula is C18H25N3O3. The lowest BCUT2D eigenvalue weighted by Crippen LogP contribution is -2.50. The van der Waals surface area contributed by atoms with Crippen molar-refractivity contribution in [2.45, 2.75) is 20.0 Å². The molecule has 1 heterocycles. The summed E-state index contributed by atoms with van der Waals surface area (Å²) in [6.45, 7) is 10.3. The van der Waals surface area contributed by atoms with Crippen LogP contribution in [0.15, 0.2) is 36.9 Å². The van der Waals surface area contributed by atoms with Gasteiger partial charge in [0.2, 0.25) is 11.8 Å². The van der Waals surface area contributed by atoms with Gasteiger partial charge in [-0.15, -0.1) is 0 Å². The van der Waals surface area contributed by atoms with Crippen LogP contribution in [0, 0.1) is 0 Å². The summed E-state index contributed by atoms with van der Waals surface area (Å²) in [5.74, 6) is 0.527. The van der Waals surface area contributed by atoms with Crippen LogP contribution in [0.4, 0.5) is 5.69 Å². The zero-order valence-electron chi connectivity index (χ0n) is 14.3. The van der Waals surface area contributed by atoms with E-state index in [1.54, 1.807) is 4.90 Å². The van der Waals surface area contributed by atoms with Gasteiger partial charge in [0, 0.05) is 26.2 Å². The predicted octanol–water partition coefficient (Wildman–Crippen LogP) is 1.74. The number of hydrogen-bond donors (Lipinski definition) is 1. The normalized spacial score (nSPS) is 15.2. The first kappa shape index (κ1) is 18.0. The molecule has 6 heteroatoms. The number of nitrogens with one attached hydrogen (secondary N) is 1. The van der Waals surface area contributed by atoms with Crippen molar-refractivity contribution < 1.29 is 14.3 Å². The Hall–Kier alpha value is -2.34. The first-order chi connectivity index (χ1) is 11.5. The number of amides is 2. The number of ether oxygens (including phenoxy) is 1. The highest BCUT2D eigenvalue weighted by Gasteiger charge is 2.21. The number of carbonyl (C=O) groups is 2. The second-order valence-corrected chi connectivity index (χ2v) is 6.02. The Labute approximate surface area is 143 Å². The van der Waals surface area contributed by atoms with Crippen LogP contribution in [-0.2, 0) is 9.59 Å². The van der Waals surface area contributed by atoms with E-state index in [2.05, 4.69) is 11.9 Å². The molecule has 6 nitrogen and oxygen atoms in total. The van der Waals surface area contributed by atoms with Gasteiger partial charge in [0.1, 0.15) is 5.75 Å². The Kier molecular flexibility index (Phi) is 6.37. The molecule has 1 aliphatic heterocycles. The molecule has 0 radical (unpaired) electrons. The first-order valence-corrected chi connectivity index (χ1v) is 8.19. The number of benzene rings is 1. The fourth-order valence-corrected chi connectivity index (χ4v) is 2.57. The molecule has 0 aromatic heterocycles. The quantitative estimate of drug-likeness (QED) is 0.807. The van der Waals surface area contributed by atoms with E-state index >= 15 is 0 Å². The molecule has 0 spiro atoms. The summed E-state index contributed by atoms with van der Waals surface area (Å²) in [6, 6.07) is 7.41. The third kappa shape index (κ3) is 5.09. The molecule has 1 aromatic carbocycles. The molecule has 0 aliphatic carbocycles. The maximum atomic E-state index is 12.3. The number of rotatable bonds is 6. The second kappa shape index (κ2) is 8.49. The molecule has 24 heavy (non-hydrogen) atoms. The maximum Gasteiger partial charge on any atom is 0.246 e. The minimum Gasteiger partial charge on any atom is -0.489 e. The van der Waals surface area contributed by atoms with Crippen molar-refractivity contribution in [2.75, 3.05) is 38.0 Å². The summed E-state index contributed by atoms with van der Waals surface area (Å²) >= 11 is 0. The van der Waals surface area contributed by atoms with E-state index in [1.807, 2.05) is 43.0 Å². The van der Waals surface area contributed by atoms with Gasteiger partial charge in [0.25, 0.3) is 0 Å². The van der Waals surface area contributed by atoms with Crippen molar-refractivity contribution in [1.82, 2.24) is 9.80 Å². The molecule has 130 valence electrons. The Morgan fingerprint density at radius 2 is 1.92 bits per heavy atom. The van der Waals surface area contributed by atoms with Gasteiger partial charge >= 0.3 is 0 Å². The number of nitrogens with zero attached hydrogens (tertiary/aromatic N) is 2. The highest BCUT2D eigenvalue weighted by molar-refractivity contribution is 5.93. The number of piperazine rings is 1. The van der Waals surface area contributed by atoms with Crippen LogP contribution in [0.5, 0.6) is 5.75 Å². The van der Waals surface area contributed by atoms with Gasteiger partial charge in [0.15, 0.2) is 0 Å². The zero-order valence-corrected chi connectivity index (χ0v) is 14.3. The van der Waals surface area contributed by atoms with Crippen LogP contribution in [0.1, 0.15) is 13.8 Å². The standard InChI is InChI=1S/C18H25N3O3/c1-4-18(23)21-11-9-20(10-12-21)13-17(22)19-15-7-5-6-8-16(15)24-14(2)3/h4-8,14H,1,9-13H2,2-3H3,(H,19,22). The number of hydrogen-bond acceptors (Lipinski definition) is 4. The molecule has 0 atom stereocenters. The van der Waals surface area contributed by atoms with Gasteiger partial charge in [0.05, 0.1) is 18.3 Å². The Morgan fingerprint density at radius 1 is 1.25 bits per heavy atom. The second-order valence-electron chi connectivity index (χ2n) is 6.02. The van der Waals surface area contributed by atoms with E-state index in [4.69, 9.17) is 4.74 Å². The van der Waals surface area contributed by atoms with E-state index in [0.29, 0.717) is 44.2 Å². The van der Waals surface area contributed by atoms with Crippen LogP contribution >= 0.6 is 0 Å². The molecule has 1 aromatic rings. The highest BCUT2D eigenvalue weighted by Crippen LogP contribution is 2.24. The molecule has 0 saturated carbocycles. The average Bonchev–Trinajstić information content (AvgIpc) is 2.56. The van der Waals surface area contributed by atoms with Gasteiger partial charge in [-0.2, -0.15) is 0 Å². The Balaban J connectivity index is 1.86. The monoisotopic (exact) mass is 331 g/mol. The summed E-state index contributed by atoms with van der Waals surface area (Å²) < 4.78 is 5.71. The minimum absolute atomic E-state index is 0.0403. The lowest BCUT2D eigenvalue weighted by molar-refractivity contribution is -0.128. The average molecular weight is 331 g/mol. The van der Waals surface area contributed by atoms with Gasteiger partial charge in [-0.1, -0.05) is 18.7 Å². The van der Waals surface area contributed by atoms with E-state index in [0.717, 1.165) is 0 Å². The summed E-state index contributed by atoms with van der Waals surface area (Å²) in [7, 11) is 0. The Bertz CT molecular complexity index is 593. The van der Waals surface area contributed by atoms with Gasteiger partial charge in [-0.3, -0.25) is 14.5 Å². The van der Waals surface area contributed by atoms with E-state index < -0.39 is 0 Å². The van der Waals surface area contributed by atoms with Crippen molar-refractivity contribution in [3.05, 3.63) is 36.9 Å².